The molecular formula is C26H25ClN2O3S. The number of aliphatic carboxylic acids is 1. The second kappa shape index (κ2) is 10.8. The van der Waals surface area contributed by atoms with Crippen molar-refractivity contribution < 1.29 is 14.6 Å². The predicted molar refractivity (Wildman–Crippen MR) is 131 cm³/mol. The maximum atomic E-state index is 11.1. The summed E-state index contributed by atoms with van der Waals surface area (Å²) in [7, 11) is 0. The number of ether oxygens (including phenoxy) is 1. The molecule has 0 bridgehead atoms. The van der Waals surface area contributed by atoms with E-state index in [1.165, 1.54) is 10.4 Å². The van der Waals surface area contributed by atoms with Gasteiger partial charge in [-0.1, -0.05) is 53.9 Å². The van der Waals surface area contributed by atoms with E-state index in [9.17, 15) is 4.79 Å². The lowest BCUT2D eigenvalue weighted by Crippen LogP contribution is -2.29. The third-order valence-corrected chi connectivity index (χ3v) is 6.75. The number of carboxylic acids is 1. The molecule has 1 aromatic heterocycles. The topological polar surface area (TPSA) is 62.7 Å². The predicted octanol–water partition coefficient (Wildman–Crippen LogP) is 5.52. The van der Waals surface area contributed by atoms with Crippen LogP contribution >= 0.6 is 22.9 Å². The minimum atomic E-state index is -0.858. The molecule has 2 aromatic carbocycles. The third kappa shape index (κ3) is 6.35. The van der Waals surface area contributed by atoms with E-state index in [1.807, 2.05) is 24.3 Å². The van der Waals surface area contributed by atoms with Crippen LogP contribution < -0.4 is 4.74 Å². The van der Waals surface area contributed by atoms with Gasteiger partial charge in [-0.3, -0.25) is 9.69 Å². The van der Waals surface area contributed by atoms with Crippen molar-refractivity contribution in [1.29, 1.82) is 0 Å². The summed E-state index contributed by atoms with van der Waals surface area (Å²) in [6.07, 6.45) is 0.927. The second-order valence-corrected chi connectivity index (χ2v) is 9.69. The molecule has 1 aliphatic heterocycles. The van der Waals surface area contributed by atoms with E-state index in [4.69, 9.17) is 21.4 Å². The zero-order chi connectivity index (χ0) is 23.2. The Morgan fingerprint density at radius 1 is 1.27 bits per heavy atom. The first-order valence-electron chi connectivity index (χ1n) is 10.8. The second-order valence-electron chi connectivity index (χ2n) is 8.02. The van der Waals surface area contributed by atoms with Gasteiger partial charge in [0, 0.05) is 30.9 Å². The van der Waals surface area contributed by atoms with Gasteiger partial charge in [-0.2, -0.15) is 0 Å². The van der Waals surface area contributed by atoms with Crippen molar-refractivity contribution in [1.82, 2.24) is 9.88 Å². The van der Waals surface area contributed by atoms with Crippen LogP contribution in [0.25, 0.3) is 0 Å². The number of hydrogen-bond donors (Lipinski definition) is 1. The van der Waals surface area contributed by atoms with Crippen LogP contribution in [0.1, 0.15) is 46.5 Å². The summed E-state index contributed by atoms with van der Waals surface area (Å²) in [6, 6.07) is 16.0. The highest BCUT2D eigenvalue weighted by Gasteiger charge is 2.20. The summed E-state index contributed by atoms with van der Waals surface area (Å²) in [5.41, 5.74) is 4.38. The first-order valence-corrected chi connectivity index (χ1v) is 12.0. The maximum absolute atomic E-state index is 11.1. The fourth-order valence-corrected chi connectivity index (χ4v) is 5.25. The first-order chi connectivity index (χ1) is 16.0. The zero-order valence-corrected chi connectivity index (χ0v) is 20.0. The number of carbonyl (C=O) groups is 1. The van der Waals surface area contributed by atoms with Gasteiger partial charge in [-0.05, 0) is 35.7 Å². The van der Waals surface area contributed by atoms with Crippen molar-refractivity contribution in [3.8, 4) is 17.6 Å². The minimum absolute atomic E-state index is 0.0117. The highest BCUT2D eigenvalue weighted by molar-refractivity contribution is 7.15. The fourth-order valence-electron chi connectivity index (χ4n) is 3.99. The van der Waals surface area contributed by atoms with Crippen molar-refractivity contribution in [2.24, 2.45) is 0 Å². The number of rotatable bonds is 8. The van der Waals surface area contributed by atoms with Gasteiger partial charge in [0.25, 0.3) is 0 Å². The van der Waals surface area contributed by atoms with E-state index < -0.39 is 5.97 Å². The zero-order valence-electron chi connectivity index (χ0n) is 18.4. The molecular weight excluding hydrogens is 456 g/mol. The van der Waals surface area contributed by atoms with E-state index in [-0.39, 0.29) is 12.3 Å². The molecule has 0 spiro atoms. The molecule has 170 valence electrons. The van der Waals surface area contributed by atoms with Crippen molar-refractivity contribution in [2.75, 3.05) is 6.54 Å². The van der Waals surface area contributed by atoms with E-state index in [2.05, 4.69) is 46.0 Å². The van der Waals surface area contributed by atoms with Gasteiger partial charge in [-0.25, -0.2) is 4.98 Å². The van der Waals surface area contributed by atoms with Crippen LogP contribution in [0.3, 0.4) is 0 Å². The Kier molecular flexibility index (Phi) is 7.66. The average Bonchev–Trinajstić information content (AvgIpc) is 3.17. The SMILES string of the molecule is CC#C[C@@H](CC(=O)O)c1ccc(OCc2cccc(CN3CCc4nc(Cl)sc4C3)c2)cc1. The van der Waals surface area contributed by atoms with E-state index in [0.717, 1.165) is 48.6 Å². The largest absolute Gasteiger partial charge is 0.489 e. The van der Waals surface area contributed by atoms with Crippen LogP contribution in [0.5, 0.6) is 5.75 Å². The lowest BCUT2D eigenvalue weighted by atomic mass is 9.96. The van der Waals surface area contributed by atoms with Crippen molar-refractivity contribution in [2.45, 2.75) is 45.4 Å². The standard InChI is InChI=1S/C26H25ClN2O3S/c1-2-4-21(14-25(30)31)20-7-9-22(10-8-20)32-17-19-6-3-5-18(13-19)15-29-12-11-23-24(16-29)33-26(27)28-23/h3,5-10,13,21H,11-12,14-17H2,1H3,(H,30,31)/t21-/m0/s1. The van der Waals surface area contributed by atoms with Gasteiger partial charge in [-0.15, -0.1) is 17.3 Å². The van der Waals surface area contributed by atoms with Gasteiger partial charge >= 0.3 is 5.97 Å². The number of hydrogen-bond acceptors (Lipinski definition) is 5. The molecule has 0 aliphatic carbocycles. The summed E-state index contributed by atoms with van der Waals surface area (Å²) in [6.45, 7) is 4.93. The Morgan fingerprint density at radius 2 is 2.06 bits per heavy atom. The molecule has 3 aromatic rings. The molecule has 33 heavy (non-hydrogen) atoms. The summed E-state index contributed by atoms with van der Waals surface area (Å²) in [5.74, 6) is 5.36. The van der Waals surface area contributed by atoms with Crippen molar-refractivity contribution in [3.05, 3.63) is 80.3 Å². The fraction of sp³-hybridized carbons (Fsp3) is 0.308. The van der Waals surface area contributed by atoms with Crippen LogP contribution in [0, 0.1) is 11.8 Å². The highest BCUT2D eigenvalue weighted by atomic mass is 35.5. The lowest BCUT2D eigenvalue weighted by molar-refractivity contribution is -0.137. The number of thiazole rings is 1. The highest BCUT2D eigenvalue weighted by Crippen LogP contribution is 2.29. The number of benzene rings is 2. The van der Waals surface area contributed by atoms with Crippen LogP contribution in [0.4, 0.5) is 0 Å². The molecule has 4 rings (SSSR count). The molecule has 0 unspecified atom stereocenters. The molecule has 0 radical (unpaired) electrons. The van der Waals surface area contributed by atoms with Crippen LogP contribution in [-0.2, 0) is 30.9 Å². The lowest BCUT2D eigenvalue weighted by Gasteiger charge is -2.26. The van der Waals surface area contributed by atoms with E-state index in [0.29, 0.717) is 11.1 Å². The molecule has 5 nitrogen and oxygen atoms in total. The summed E-state index contributed by atoms with van der Waals surface area (Å²) >= 11 is 7.65. The van der Waals surface area contributed by atoms with E-state index in [1.54, 1.807) is 18.3 Å². The van der Waals surface area contributed by atoms with Crippen molar-refractivity contribution >= 4 is 28.9 Å². The Morgan fingerprint density at radius 3 is 2.82 bits per heavy atom. The number of nitrogens with zero attached hydrogens (tertiary/aromatic N) is 2. The summed E-state index contributed by atoms with van der Waals surface area (Å²) < 4.78 is 6.60. The van der Waals surface area contributed by atoms with Crippen LogP contribution in [-0.4, -0.2) is 27.5 Å². The maximum Gasteiger partial charge on any atom is 0.304 e. The van der Waals surface area contributed by atoms with Gasteiger partial charge < -0.3 is 9.84 Å². The molecule has 0 fully saturated rings. The molecule has 1 N–H and O–H groups in total. The number of halogens is 1. The van der Waals surface area contributed by atoms with Gasteiger partial charge in [0.1, 0.15) is 12.4 Å². The third-order valence-electron chi connectivity index (χ3n) is 5.57. The molecule has 1 aliphatic rings. The minimum Gasteiger partial charge on any atom is -0.489 e. The Balaban J connectivity index is 1.34. The van der Waals surface area contributed by atoms with E-state index >= 15 is 0 Å². The normalized spacial score (nSPS) is 14.1. The summed E-state index contributed by atoms with van der Waals surface area (Å²) in [5, 5.41) is 9.10. The Labute approximate surface area is 203 Å². The number of aromatic nitrogens is 1. The smallest absolute Gasteiger partial charge is 0.304 e. The summed E-state index contributed by atoms with van der Waals surface area (Å²) in [4.78, 5) is 19.2. The molecule has 7 heteroatoms. The quantitative estimate of drug-likeness (QED) is 0.430. The van der Waals surface area contributed by atoms with Crippen molar-refractivity contribution in [3.63, 3.8) is 0 Å². The molecule has 0 saturated heterocycles. The van der Waals surface area contributed by atoms with Gasteiger partial charge in [0.15, 0.2) is 4.47 Å². The number of fused-ring (bicyclic) bond motifs is 1. The Hall–Kier alpha value is -2.85. The average molecular weight is 481 g/mol. The number of carboxylic acid groups (broad SMARTS) is 1. The van der Waals surface area contributed by atoms with Crippen LogP contribution in [0.15, 0.2) is 48.5 Å². The molecule has 0 saturated carbocycles. The monoisotopic (exact) mass is 480 g/mol. The van der Waals surface area contributed by atoms with Gasteiger partial charge in [0.05, 0.1) is 18.0 Å². The molecule has 1 atom stereocenters. The van der Waals surface area contributed by atoms with Crippen LogP contribution in [0.2, 0.25) is 4.47 Å². The Bertz CT molecular complexity index is 1180. The molecule has 0 amide bonds. The first kappa shape index (κ1) is 23.3. The molecule has 2 heterocycles. The van der Waals surface area contributed by atoms with Gasteiger partial charge in [0.2, 0.25) is 0 Å².